The van der Waals surface area contributed by atoms with Crippen LogP contribution in [0.15, 0.2) is 18.2 Å². The molecule has 0 aliphatic carbocycles. The zero-order valence-corrected chi connectivity index (χ0v) is 10.4. The summed E-state index contributed by atoms with van der Waals surface area (Å²) in [6, 6.07) is 3.00. The molecule has 0 amide bonds. The van der Waals surface area contributed by atoms with Crippen LogP contribution in [0.25, 0.3) is 0 Å². The van der Waals surface area contributed by atoms with Gasteiger partial charge in [-0.15, -0.1) is 12.4 Å². The lowest BCUT2D eigenvalue weighted by Gasteiger charge is -2.14. The van der Waals surface area contributed by atoms with E-state index in [1.54, 1.807) is 0 Å². The standard InChI is InChI=1S/C12H17F2N.ClH/c1-8(2)3-6-12(15)10-7-9(13)4-5-11(10)14;/h4-5,7-8,12H,3,6,15H2,1-2H3;1H/t12-;/m0./s1. The third kappa shape index (κ3) is 4.45. The van der Waals surface area contributed by atoms with Crippen molar-refractivity contribution in [1.29, 1.82) is 0 Å². The van der Waals surface area contributed by atoms with Gasteiger partial charge < -0.3 is 5.73 Å². The quantitative estimate of drug-likeness (QED) is 0.863. The van der Waals surface area contributed by atoms with Gasteiger partial charge in [0.15, 0.2) is 0 Å². The van der Waals surface area contributed by atoms with Crippen molar-refractivity contribution >= 4 is 12.4 Å². The van der Waals surface area contributed by atoms with Gasteiger partial charge in [0.05, 0.1) is 0 Å². The fraction of sp³-hybridized carbons (Fsp3) is 0.500. The molecule has 2 N–H and O–H groups in total. The van der Waals surface area contributed by atoms with Gasteiger partial charge in [-0.1, -0.05) is 13.8 Å². The molecule has 1 aromatic carbocycles. The lowest BCUT2D eigenvalue weighted by molar-refractivity contribution is 0.487. The van der Waals surface area contributed by atoms with E-state index < -0.39 is 17.7 Å². The van der Waals surface area contributed by atoms with Gasteiger partial charge in [-0.05, 0) is 37.0 Å². The minimum absolute atomic E-state index is 0. The summed E-state index contributed by atoms with van der Waals surface area (Å²) in [5.41, 5.74) is 6.08. The van der Waals surface area contributed by atoms with Gasteiger partial charge in [0.2, 0.25) is 0 Å². The first kappa shape index (κ1) is 15.3. The number of hydrogen-bond donors (Lipinski definition) is 1. The minimum atomic E-state index is -0.439. The lowest BCUT2D eigenvalue weighted by Crippen LogP contribution is -2.13. The molecule has 0 aliphatic rings. The highest BCUT2D eigenvalue weighted by Gasteiger charge is 2.12. The van der Waals surface area contributed by atoms with Gasteiger partial charge >= 0.3 is 0 Å². The van der Waals surface area contributed by atoms with Crippen LogP contribution in [0.4, 0.5) is 8.78 Å². The third-order valence-electron chi connectivity index (χ3n) is 2.41. The van der Waals surface area contributed by atoms with Crippen molar-refractivity contribution in [3.05, 3.63) is 35.4 Å². The van der Waals surface area contributed by atoms with Crippen LogP contribution >= 0.6 is 12.4 Å². The van der Waals surface area contributed by atoms with E-state index in [4.69, 9.17) is 5.73 Å². The van der Waals surface area contributed by atoms with Crippen molar-refractivity contribution in [2.45, 2.75) is 32.7 Å². The number of benzene rings is 1. The first-order chi connectivity index (χ1) is 7.00. The van der Waals surface area contributed by atoms with Crippen LogP contribution in [0, 0.1) is 17.6 Å². The van der Waals surface area contributed by atoms with E-state index in [2.05, 4.69) is 13.8 Å². The summed E-state index contributed by atoms with van der Waals surface area (Å²) in [7, 11) is 0. The van der Waals surface area contributed by atoms with Gasteiger partial charge in [-0.3, -0.25) is 0 Å². The molecule has 0 radical (unpaired) electrons. The highest BCUT2D eigenvalue weighted by atomic mass is 35.5. The highest BCUT2D eigenvalue weighted by Crippen LogP contribution is 2.21. The monoisotopic (exact) mass is 249 g/mol. The predicted octanol–water partition coefficient (Wildman–Crippen LogP) is 3.82. The van der Waals surface area contributed by atoms with Gasteiger partial charge in [0.1, 0.15) is 11.6 Å². The van der Waals surface area contributed by atoms with E-state index in [0.717, 1.165) is 18.6 Å². The normalized spacial score (nSPS) is 12.4. The van der Waals surface area contributed by atoms with Gasteiger partial charge in [0, 0.05) is 11.6 Å². The smallest absolute Gasteiger partial charge is 0.128 e. The summed E-state index contributed by atoms with van der Waals surface area (Å²) < 4.78 is 26.2. The van der Waals surface area contributed by atoms with Gasteiger partial charge in [-0.25, -0.2) is 8.78 Å². The third-order valence-corrected chi connectivity index (χ3v) is 2.41. The molecule has 16 heavy (non-hydrogen) atoms. The van der Waals surface area contributed by atoms with E-state index in [-0.39, 0.29) is 18.0 Å². The second kappa shape index (κ2) is 6.81. The Balaban J connectivity index is 0.00000225. The van der Waals surface area contributed by atoms with Crippen molar-refractivity contribution < 1.29 is 8.78 Å². The largest absolute Gasteiger partial charge is 0.324 e. The molecule has 0 saturated heterocycles. The molecule has 0 heterocycles. The van der Waals surface area contributed by atoms with Gasteiger partial charge in [-0.2, -0.15) is 0 Å². The SMILES string of the molecule is CC(C)CC[C@H](N)c1cc(F)ccc1F.Cl. The molecule has 0 saturated carbocycles. The van der Waals surface area contributed by atoms with Crippen molar-refractivity contribution in [2.24, 2.45) is 11.7 Å². The van der Waals surface area contributed by atoms with Crippen molar-refractivity contribution in [1.82, 2.24) is 0 Å². The molecular weight excluding hydrogens is 232 g/mol. The van der Waals surface area contributed by atoms with E-state index in [1.165, 1.54) is 6.07 Å². The second-order valence-corrected chi connectivity index (χ2v) is 4.24. The molecule has 0 spiro atoms. The first-order valence-corrected chi connectivity index (χ1v) is 5.21. The molecule has 0 bridgehead atoms. The molecule has 0 fully saturated rings. The van der Waals surface area contributed by atoms with Crippen molar-refractivity contribution in [3.63, 3.8) is 0 Å². The number of nitrogens with two attached hydrogens (primary N) is 1. The van der Waals surface area contributed by atoms with Crippen molar-refractivity contribution in [3.8, 4) is 0 Å². The molecule has 4 heteroatoms. The summed E-state index contributed by atoms with van der Waals surface area (Å²) in [6.45, 7) is 4.16. The highest BCUT2D eigenvalue weighted by molar-refractivity contribution is 5.85. The Morgan fingerprint density at radius 3 is 2.38 bits per heavy atom. The van der Waals surface area contributed by atoms with E-state index >= 15 is 0 Å². The maximum Gasteiger partial charge on any atom is 0.128 e. The summed E-state index contributed by atoms with van der Waals surface area (Å²) in [4.78, 5) is 0. The fourth-order valence-corrected chi connectivity index (χ4v) is 1.47. The number of hydrogen-bond acceptors (Lipinski definition) is 1. The number of halogens is 3. The van der Waals surface area contributed by atoms with Crippen LogP contribution in [-0.4, -0.2) is 0 Å². The van der Waals surface area contributed by atoms with Crippen molar-refractivity contribution in [2.75, 3.05) is 0 Å². The van der Waals surface area contributed by atoms with Crippen LogP contribution in [0.3, 0.4) is 0 Å². The molecule has 1 atom stereocenters. The van der Waals surface area contributed by atoms with E-state index in [1.807, 2.05) is 0 Å². The van der Waals surface area contributed by atoms with Crippen LogP contribution in [0.5, 0.6) is 0 Å². The summed E-state index contributed by atoms with van der Waals surface area (Å²) in [6.07, 6.45) is 1.59. The average Bonchev–Trinajstić information content (AvgIpc) is 2.18. The second-order valence-electron chi connectivity index (χ2n) is 4.24. The van der Waals surface area contributed by atoms with Crippen LogP contribution in [0.2, 0.25) is 0 Å². The van der Waals surface area contributed by atoms with Crippen LogP contribution < -0.4 is 5.73 Å². The van der Waals surface area contributed by atoms with Crippen LogP contribution in [-0.2, 0) is 0 Å². The molecule has 92 valence electrons. The molecule has 0 aromatic heterocycles. The Bertz CT molecular complexity index is 329. The molecule has 0 aliphatic heterocycles. The molecule has 1 aromatic rings. The Kier molecular flexibility index (Phi) is 6.53. The van der Waals surface area contributed by atoms with Gasteiger partial charge in [0.25, 0.3) is 0 Å². The Hall–Kier alpha value is -0.670. The topological polar surface area (TPSA) is 26.0 Å². The summed E-state index contributed by atoms with van der Waals surface area (Å²) >= 11 is 0. The Labute approximate surface area is 101 Å². The van der Waals surface area contributed by atoms with Crippen LogP contribution in [0.1, 0.15) is 38.3 Å². The Morgan fingerprint density at radius 1 is 1.19 bits per heavy atom. The first-order valence-electron chi connectivity index (χ1n) is 5.21. The Morgan fingerprint density at radius 2 is 1.81 bits per heavy atom. The molecule has 0 unspecified atom stereocenters. The maximum absolute atomic E-state index is 13.3. The molecule has 1 rings (SSSR count). The number of rotatable bonds is 4. The zero-order valence-electron chi connectivity index (χ0n) is 9.54. The minimum Gasteiger partial charge on any atom is -0.324 e. The fourth-order valence-electron chi connectivity index (χ4n) is 1.47. The molecule has 1 nitrogen and oxygen atoms in total. The predicted molar refractivity (Wildman–Crippen MR) is 64.6 cm³/mol. The summed E-state index contributed by atoms with van der Waals surface area (Å²) in [5.74, 6) is -0.341. The average molecular weight is 250 g/mol. The van der Waals surface area contributed by atoms with E-state index in [9.17, 15) is 8.78 Å². The van der Waals surface area contributed by atoms with E-state index in [0.29, 0.717) is 12.3 Å². The summed E-state index contributed by atoms with van der Waals surface area (Å²) in [5, 5.41) is 0. The lowest BCUT2D eigenvalue weighted by atomic mass is 9.98. The maximum atomic E-state index is 13.3. The zero-order chi connectivity index (χ0) is 11.4. The molecular formula is C12H18ClF2N.